The molecule has 0 spiro atoms. The maximum Gasteiger partial charge on any atom is 0.319 e. The molecular formula is C21H27N3O3. The van der Waals surface area contributed by atoms with Crippen LogP contribution in [-0.2, 0) is 16.1 Å². The lowest BCUT2D eigenvalue weighted by molar-refractivity contribution is -0.0447. The highest BCUT2D eigenvalue weighted by Crippen LogP contribution is 2.16. The predicted octanol–water partition coefficient (Wildman–Crippen LogP) is 4.05. The van der Waals surface area contributed by atoms with Gasteiger partial charge < -0.3 is 20.1 Å². The molecule has 1 fully saturated rings. The molecule has 0 saturated carbocycles. The van der Waals surface area contributed by atoms with E-state index in [-0.39, 0.29) is 18.2 Å². The molecule has 0 bridgehead atoms. The number of pyridine rings is 1. The van der Waals surface area contributed by atoms with Crippen LogP contribution in [0.3, 0.4) is 0 Å². The molecule has 2 aromatic rings. The number of anilines is 1. The molecule has 2 unspecified atom stereocenters. The van der Waals surface area contributed by atoms with Crippen molar-refractivity contribution in [2.75, 3.05) is 18.5 Å². The average molecular weight is 369 g/mol. The summed E-state index contributed by atoms with van der Waals surface area (Å²) in [4.78, 5) is 16.2. The lowest BCUT2D eigenvalue weighted by Crippen LogP contribution is -2.31. The minimum absolute atomic E-state index is 0.102. The van der Waals surface area contributed by atoms with Gasteiger partial charge in [-0.3, -0.25) is 4.98 Å². The van der Waals surface area contributed by atoms with Gasteiger partial charge in [-0.15, -0.1) is 0 Å². The molecule has 2 N–H and O–H groups in total. The van der Waals surface area contributed by atoms with Gasteiger partial charge in [0.25, 0.3) is 0 Å². The summed E-state index contributed by atoms with van der Waals surface area (Å²) in [5.74, 6) is 0. The van der Waals surface area contributed by atoms with Gasteiger partial charge in [-0.05, 0) is 61.6 Å². The van der Waals surface area contributed by atoms with Gasteiger partial charge in [-0.25, -0.2) is 4.79 Å². The average Bonchev–Trinajstić information content (AvgIpc) is 2.70. The van der Waals surface area contributed by atoms with Crippen molar-refractivity contribution in [3.8, 4) is 0 Å². The number of benzene rings is 1. The number of nitrogens with zero attached hydrogens (tertiary/aromatic N) is 1. The van der Waals surface area contributed by atoms with E-state index in [0.29, 0.717) is 13.2 Å². The second-order valence-electron chi connectivity index (χ2n) is 6.80. The van der Waals surface area contributed by atoms with Crippen molar-refractivity contribution in [3.63, 3.8) is 0 Å². The Balaban J connectivity index is 1.45. The molecule has 3 rings (SSSR count). The van der Waals surface area contributed by atoms with Crippen molar-refractivity contribution in [2.45, 2.75) is 44.9 Å². The van der Waals surface area contributed by atoms with E-state index >= 15 is 0 Å². The number of urea groups is 1. The summed E-state index contributed by atoms with van der Waals surface area (Å²) in [5.41, 5.74) is 2.77. The van der Waals surface area contributed by atoms with Crippen LogP contribution in [0.15, 0.2) is 48.8 Å². The lowest BCUT2D eigenvalue weighted by Gasteiger charge is -2.22. The fourth-order valence-corrected chi connectivity index (χ4v) is 3.09. The number of hydrogen-bond donors (Lipinski definition) is 2. The number of hydrogen-bond acceptors (Lipinski definition) is 4. The van der Waals surface area contributed by atoms with E-state index in [1.165, 1.54) is 6.42 Å². The van der Waals surface area contributed by atoms with Gasteiger partial charge in [0.2, 0.25) is 0 Å². The van der Waals surface area contributed by atoms with Crippen LogP contribution in [0.4, 0.5) is 10.5 Å². The molecule has 2 heterocycles. The second kappa shape index (κ2) is 10.0. The number of aromatic nitrogens is 1. The molecule has 144 valence electrons. The highest BCUT2D eigenvalue weighted by molar-refractivity contribution is 5.89. The molecule has 1 aliphatic rings. The Kier molecular flexibility index (Phi) is 7.19. The minimum atomic E-state index is -0.243. The van der Waals surface area contributed by atoms with E-state index in [9.17, 15) is 4.79 Å². The third kappa shape index (κ3) is 6.34. The molecule has 2 atom stereocenters. The molecule has 6 nitrogen and oxygen atoms in total. The Morgan fingerprint density at radius 1 is 1.30 bits per heavy atom. The minimum Gasteiger partial charge on any atom is -0.376 e. The first-order valence-corrected chi connectivity index (χ1v) is 9.46. The number of ether oxygens (including phenoxy) is 2. The van der Waals surface area contributed by atoms with E-state index in [1.54, 1.807) is 12.4 Å². The van der Waals surface area contributed by atoms with Crippen LogP contribution < -0.4 is 10.6 Å². The largest absolute Gasteiger partial charge is 0.376 e. The number of carbonyl (C=O) groups excluding carboxylic acids is 1. The van der Waals surface area contributed by atoms with Crippen molar-refractivity contribution in [2.24, 2.45) is 0 Å². The van der Waals surface area contributed by atoms with Crippen molar-refractivity contribution >= 4 is 11.7 Å². The first-order valence-electron chi connectivity index (χ1n) is 9.46. The molecular weight excluding hydrogens is 342 g/mol. The first-order chi connectivity index (χ1) is 13.2. The van der Waals surface area contributed by atoms with Crippen molar-refractivity contribution in [1.29, 1.82) is 0 Å². The maximum atomic E-state index is 12.2. The van der Waals surface area contributed by atoms with Gasteiger partial charge in [-0.2, -0.15) is 0 Å². The summed E-state index contributed by atoms with van der Waals surface area (Å²) < 4.78 is 11.5. The summed E-state index contributed by atoms with van der Waals surface area (Å²) in [6.07, 6.45) is 7.06. The van der Waals surface area contributed by atoms with Gasteiger partial charge in [-0.1, -0.05) is 12.1 Å². The van der Waals surface area contributed by atoms with Crippen LogP contribution in [0.25, 0.3) is 0 Å². The van der Waals surface area contributed by atoms with Crippen LogP contribution in [0.2, 0.25) is 0 Å². The molecule has 1 saturated heterocycles. The molecule has 0 radical (unpaired) electrons. The van der Waals surface area contributed by atoms with E-state index in [2.05, 4.69) is 15.6 Å². The summed E-state index contributed by atoms with van der Waals surface area (Å²) in [7, 11) is 0. The van der Waals surface area contributed by atoms with Crippen molar-refractivity contribution < 1.29 is 14.3 Å². The maximum absolute atomic E-state index is 12.2. The Morgan fingerprint density at radius 3 is 2.93 bits per heavy atom. The predicted molar refractivity (Wildman–Crippen MR) is 104 cm³/mol. The number of nitrogens with one attached hydrogen (secondary N) is 2. The van der Waals surface area contributed by atoms with Gasteiger partial charge in [0.1, 0.15) is 0 Å². The van der Waals surface area contributed by atoms with Crippen LogP contribution in [0.1, 0.15) is 43.4 Å². The van der Waals surface area contributed by atoms with Gasteiger partial charge in [0, 0.05) is 24.7 Å². The number of carbonyl (C=O) groups is 1. The highest BCUT2D eigenvalue weighted by atomic mass is 16.5. The molecule has 1 aromatic carbocycles. The molecule has 6 heteroatoms. The van der Waals surface area contributed by atoms with Crippen LogP contribution in [0.5, 0.6) is 0 Å². The zero-order valence-corrected chi connectivity index (χ0v) is 15.7. The van der Waals surface area contributed by atoms with E-state index in [1.807, 2.05) is 43.3 Å². The summed E-state index contributed by atoms with van der Waals surface area (Å²) in [6.45, 7) is 3.89. The smallest absolute Gasteiger partial charge is 0.319 e. The Morgan fingerprint density at radius 2 is 2.15 bits per heavy atom. The van der Waals surface area contributed by atoms with Crippen molar-refractivity contribution in [3.05, 3.63) is 59.9 Å². The first kappa shape index (κ1) is 19.3. The Labute approximate surface area is 160 Å². The van der Waals surface area contributed by atoms with Crippen molar-refractivity contribution in [1.82, 2.24) is 10.3 Å². The zero-order valence-electron chi connectivity index (χ0n) is 15.7. The lowest BCUT2D eigenvalue weighted by atomic mass is 10.1. The second-order valence-corrected chi connectivity index (χ2v) is 6.80. The molecule has 2 amide bonds. The SMILES string of the molecule is CC(NC(=O)Nc1cccc(COCC2CCCCO2)c1)c1ccncc1. The normalized spacial score (nSPS) is 17.9. The Bertz CT molecular complexity index is 718. The summed E-state index contributed by atoms with van der Waals surface area (Å²) in [6, 6.07) is 11.1. The molecule has 27 heavy (non-hydrogen) atoms. The van der Waals surface area contributed by atoms with Crippen LogP contribution >= 0.6 is 0 Å². The standard InChI is InChI=1S/C21H27N3O3/c1-16(18-8-10-22-11-9-18)23-21(25)24-19-6-4-5-17(13-19)14-26-15-20-7-2-3-12-27-20/h4-6,8-11,13,16,20H,2-3,7,12,14-15H2,1H3,(H2,23,24,25). The van der Waals surface area contributed by atoms with E-state index < -0.39 is 0 Å². The molecule has 1 aliphatic heterocycles. The van der Waals surface area contributed by atoms with Gasteiger partial charge in [0.15, 0.2) is 0 Å². The number of amides is 2. The third-order valence-electron chi connectivity index (χ3n) is 4.59. The number of rotatable bonds is 7. The molecule has 0 aliphatic carbocycles. The van der Waals surface area contributed by atoms with Gasteiger partial charge in [0.05, 0.1) is 25.4 Å². The molecule has 1 aromatic heterocycles. The van der Waals surface area contributed by atoms with E-state index in [4.69, 9.17) is 9.47 Å². The van der Waals surface area contributed by atoms with E-state index in [0.717, 1.165) is 36.3 Å². The topological polar surface area (TPSA) is 72.5 Å². The monoisotopic (exact) mass is 369 g/mol. The fraction of sp³-hybridized carbons (Fsp3) is 0.429. The van der Waals surface area contributed by atoms with Gasteiger partial charge >= 0.3 is 6.03 Å². The quantitative estimate of drug-likeness (QED) is 0.772. The Hall–Kier alpha value is -2.44. The fourth-order valence-electron chi connectivity index (χ4n) is 3.09. The summed E-state index contributed by atoms with van der Waals surface area (Å²) >= 11 is 0. The summed E-state index contributed by atoms with van der Waals surface area (Å²) in [5, 5.41) is 5.80. The van der Waals surface area contributed by atoms with Crippen LogP contribution in [0, 0.1) is 0 Å². The highest BCUT2D eigenvalue weighted by Gasteiger charge is 2.14. The third-order valence-corrected chi connectivity index (χ3v) is 4.59. The van der Waals surface area contributed by atoms with Crippen LogP contribution in [-0.4, -0.2) is 30.3 Å². The zero-order chi connectivity index (χ0) is 18.9.